The van der Waals surface area contributed by atoms with Crippen molar-refractivity contribution < 1.29 is 19.0 Å². The van der Waals surface area contributed by atoms with Crippen LogP contribution in [0.15, 0.2) is 6.07 Å². The maximum Gasteiger partial charge on any atom is 0.272 e. The highest BCUT2D eigenvalue weighted by atomic mass is 16.6. The Hall–Kier alpha value is -1.77. The molecule has 1 aliphatic rings. The molecule has 0 spiro atoms. The van der Waals surface area contributed by atoms with Gasteiger partial charge in [0, 0.05) is 41.1 Å². The number of rotatable bonds is 5. The number of ether oxygens (including phenoxy) is 3. The smallest absolute Gasteiger partial charge is 0.272 e. The third-order valence-electron chi connectivity index (χ3n) is 4.17. The Balaban J connectivity index is 2.25. The Morgan fingerprint density at radius 3 is 2.50 bits per heavy atom. The minimum atomic E-state index is -0.256. The first-order valence-electron chi connectivity index (χ1n) is 7.82. The molecule has 1 amide bonds. The Labute approximate surface area is 142 Å². The van der Waals surface area contributed by atoms with E-state index < -0.39 is 0 Å². The number of aryl methyl sites for hydroxylation is 1. The average molecular weight is 338 g/mol. The largest absolute Gasteiger partial charge is 0.376 e. The second kappa shape index (κ2) is 7.87. The molecule has 1 aliphatic heterocycles. The lowest BCUT2D eigenvalue weighted by Gasteiger charge is -2.40. The van der Waals surface area contributed by atoms with Gasteiger partial charge in [-0.25, -0.2) is 9.97 Å². The molecule has 1 aromatic rings. The zero-order valence-electron chi connectivity index (χ0n) is 15.1. The zero-order valence-corrected chi connectivity index (χ0v) is 15.1. The zero-order chi connectivity index (χ0) is 17.9. The second-order valence-electron chi connectivity index (χ2n) is 6.08. The third kappa shape index (κ3) is 3.82. The first kappa shape index (κ1) is 18.6. The highest BCUT2D eigenvalue weighted by Gasteiger charge is 2.39. The summed E-state index contributed by atoms with van der Waals surface area (Å²) in [5, 5.41) is 0. The Bertz CT molecular complexity index is 581. The number of methoxy groups -OCH3 is 2. The first-order chi connectivity index (χ1) is 11.4. The van der Waals surface area contributed by atoms with Gasteiger partial charge < -0.3 is 24.0 Å². The number of carbonyl (C=O) groups is 1. The fraction of sp³-hybridized carbons (Fsp3) is 0.688. The molecular formula is C16H26N4O4. The maximum atomic E-state index is 12.9. The number of carbonyl (C=O) groups excluding carboxylic acids is 1. The molecule has 0 aliphatic carbocycles. The van der Waals surface area contributed by atoms with Gasteiger partial charge in [-0.2, -0.15) is 0 Å². The van der Waals surface area contributed by atoms with Crippen molar-refractivity contribution in [2.75, 3.05) is 53.5 Å². The summed E-state index contributed by atoms with van der Waals surface area (Å²) in [5.74, 6) is 0.306. The molecule has 1 saturated heterocycles. The molecule has 0 unspecified atom stereocenters. The molecule has 0 N–H and O–H groups in total. The molecule has 0 aromatic carbocycles. The highest BCUT2D eigenvalue weighted by molar-refractivity contribution is 5.92. The standard InChI is InChI=1S/C16H26N4O4/c1-10-7-11(18-16(17-10)19(2)3)15(21)20(4)12-8-24-9-13(22-5)14(12)23-6/h7,12-14H,8-9H2,1-6H3/t12-,13-,14+/m1/s1. The fourth-order valence-corrected chi connectivity index (χ4v) is 2.78. The molecule has 0 bridgehead atoms. The average Bonchev–Trinajstić information content (AvgIpc) is 2.58. The van der Waals surface area contributed by atoms with Crippen LogP contribution >= 0.6 is 0 Å². The van der Waals surface area contributed by atoms with Crippen LogP contribution in [0.25, 0.3) is 0 Å². The third-order valence-corrected chi connectivity index (χ3v) is 4.17. The Morgan fingerprint density at radius 1 is 1.21 bits per heavy atom. The van der Waals surface area contributed by atoms with Crippen LogP contribution < -0.4 is 4.90 Å². The number of hydrogen-bond acceptors (Lipinski definition) is 7. The van der Waals surface area contributed by atoms with Crippen molar-refractivity contribution in [2.24, 2.45) is 0 Å². The lowest BCUT2D eigenvalue weighted by atomic mass is 10.0. The van der Waals surface area contributed by atoms with Crippen LogP contribution in [0, 0.1) is 6.92 Å². The van der Waals surface area contributed by atoms with Crippen LogP contribution in [0.2, 0.25) is 0 Å². The minimum absolute atomic E-state index is 0.198. The van der Waals surface area contributed by atoms with E-state index in [0.29, 0.717) is 24.9 Å². The number of hydrogen-bond donors (Lipinski definition) is 0. The Kier molecular flexibility index (Phi) is 6.09. The monoisotopic (exact) mass is 338 g/mol. The van der Waals surface area contributed by atoms with Gasteiger partial charge in [-0.3, -0.25) is 4.79 Å². The molecule has 2 rings (SSSR count). The molecule has 24 heavy (non-hydrogen) atoms. The number of nitrogens with zero attached hydrogens (tertiary/aromatic N) is 4. The van der Waals surface area contributed by atoms with Gasteiger partial charge in [0.1, 0.15) is 17.9 Å². The van der Waals surface area contributed by atoms with Crippen LogP contribution in [0.1, 0.15) is 16.2 Å². The van der Waals surface area contributed by atoms with Crippen LogP contribution in [0.5, 0.6) is 0 Å². The van der Waals surface area contributed by atoms with Crippen molar-refractivity contribution in [1.29, 1.82) is 0 Å². The summed E-state index contributed by atoms with van der Waals surface area (Å²) < 4.78 is 16.5. The molecule has 0 saturated carbocycles. The van der Waals surface area contributed by atoms with Crippen LogP contribution in [0.3, 0.4) is 0 Å². The van der Waals surface area contributed by atoms with E-state index in [1.165, 1.54) is 0 Å². The predicted molar refractivity (Wildman–Crippen MR) is 89.4 cm³/mol. The number of aromatic nitrogens is 2. The molecule has 8 nitrogen and oxygen atoms in total. The highest BCUT2D eigenvalue weighted by Crippen LogP contribution is 2.20. The van der Waals surface area contributed by atoms with E-state index >= 15 is 0 Å². The molecule has 134 valence electrons. The SMILES string of the molecule is CO[C@H]1[C@H](N(C)C(=O)c2cc(C)nc(N(C)C)n2)COC[C@H]1OC. The number of anilines is 1. The van der Waals surface area contributed by atoms with Crippen molar-refractivity contribution >= 4 is 11.9 Å². The van der Waals surface area contributed by atoms with Gasteiger partial charge in [-0.15, -0.1) is 0 Å². The summed E-state index contributed by atoms with van der Waals surface area (Å²) in [4.78, 5) is 24.9. The summed E-state index contributed by atoms with van der Waals surface area (Å²) in [6.07, 6.45) is -0.470. The van der Waals surface area contributed by atoms with Crippen molar-refractivity contribution in [2.45, 2.75) is 25.2 Å². The summed E-state index contributed by atoms with van der Waals surface area (Å²) in [6, 6.07) is 1.43. The van der Waals surface area contributed by atoms with Gasteiger partial charge in [0.05, 0.1) is 19.3 Å². The van der Waals surface area contributed by atoms with E-state index in [9.17, 15) is 4.79 Å². The number of amides is 1. The molecule has 8 heteroatoms. The molecule has 2 heterocycles. The Morgan fingerprint density at radius 2 is 1.92 bits per heavy atom. The van der Waals surface area contributed by atoms with E-state index in [2.05, 4.69) is 9.97 Å². The molecule has 0 radical (unpaired) electrons. The summed E-state index contributed by atoms with van der Waals surface area (Å²) in [6.45, 7) is 2.68. The van der Waals surface area contributed by atoms with E-state index in [0.717, 1.165) is 5.69 Å². The van der Waals surface area contributed by atoms with Gasteiger partial charge in [0.15, 0.2) is 0 Å². The van der Waals surface area contributed by atoms with Crippen molar-refractivity contribution in [1.82, 2.24) is 14.9 Å². The lowest BCUT2D eigenvalue weighted by Crippen LogP contribution is -2.57. The molecule has 1 aromatic heterocycles. The normalized spacial score (nSPS) is 23.8. The van der Waals surface area contributed by atoms with E-state index in [4.69, 9.17) is 14.2 Å². The van der Waals surface area contributed by atoms with Gasteiger partial charge in [0.2, 0.25) is 5.95 Å². The van der Waals surface area contributed by atoms with Crippen molar-refractivity contribution in [3.63, 3.8) is 0 Å². The quantitative estimate of drug-likeness (QED) is 0.767. The molecule has 1 fully saturated rings. The van der Waals surface area contributed by atoms with Crippen molar-refractivity contribution in [3.8, 4) is 0 Å². The van der Waals surface area contributed by atoms with Crippen molar-refractivity contribution in [3.05, 3.63) is 17.5 Å². The predicted octanol–water partition coefficient (Wildman–Crippen LogP) is 0.352. The van der Waals surface area contributed by atoms with E-state index in [1.54, 1.807) is 37.1 Å². The first-order valence-corrected chi connectivity index (χ1v) is 7.82. The van der Waals surface area contributed by atoms with Gasteiger partial charge in [-0.05, 0) is 13.0 Å². The minimum Gasteiger partial charge on any atom is -0.376 e. The topological polar surface area (TPSA) is 77.0 Å². The summed E-state index contributed by atoms with van der Waals surface area (Å²) in [5.41, 5.74) is 1.09. The second-order valence-corrected chi connectivity index (χ2v) is 6.08. The summed E-state index contributed by atoms with van der Waals surface area (Å²) >= 11 is 0. The lowest BCUT2D eigenvalue weighted by molar-refractivity contribution is -0.147. The number of likely N-dealkylation sites (N-methyl/N-ethyl adjacent to an activating group) is 1. The fourth-order valence-electron chi connectivity index (χ4n) is 2.78. The van der Waals surface area contributed by atoms with Gasteiger partial charge in [0.25, 0.3) is 5.91 Å². The van der Waals surface area contributed by atoms with Gasteiger partial charge in [-0.1, -0.05) is 0 Å². The van der Waals surface area contributed by atoms with Gasteiger partial charge >= 0.3 is 0 Å². The van der Waals surface area contributed by atoms with Crippen LogP contribution in [-0.4, -0.2) is 87.6 Å². The van der Waals surface area contributed by atoms with Crippen LogP contribution in [0.4, 0.5) is 5.95 Å². The molecular weight excluding hydrogens is 312 g/mol. The van der Waals surface area contributed by atoms with E-state index in [-0.39, 0.29) is 24.2 Å². The maximum absolute atomic E-state index is 12.9. The molecule has 3 atom stereocenters. The van der Waals surface area contributed by atoms with E-state index in [1.807, 2.05) is 21.0 Å². The summed E-state index contributed by atoms with van der Waals surface area (Å²) in [7, 11) is 8.64. The van der Waals surface area contributed by atoms with Crippen LogP contribution in [-0.2, 0) is 14.2 Å².